The third-order valence-electron chi connectivity index (χ3n) is 3.11. The van der Waals surface area contributed by atoms with Gasteiger partial charge in [-0.1, -0.05) is 32.6 Å². The molecule has 84 valence electrons. The Kier molecular flexibility index (Phi) is 6.20. The summed E-state index contributed by atoms with van der Waals surface area (Å²) in [5.74, 6) is 0.958. The first-order chi connectivity index (χ1) is 6.86. The van der Waals surface area contributed by atoms with E-state index in [0.717, 1.165) is 25.7 Å². The highest BCUT2D eigenvalue weighted by Gasteiger charge is 2.19. The minimum atomic E-state index is 0.586. The fourth-order valence-electron chi connectivity index (χ4n) is 2.41. The monoisotopic (exact) mass is 199 g/mol. The van der Waals surface area contributed by atoms with Crippen LogP contribution in [0.2, 0.25) is 0 Å². The molecule has 0 amide bonds. The van der Waals surface area contributed by atoms with E-state index < -0.39 is 0 Å². The number of nitrogens with one attached hydrogen (secondary N) is 1. The Bertz CT molecular complexity index is 132. The number of likely N-dealkylation sites (N-methyl/N-ethyl adjacent to an activating group) is 1. The summed E-state index contributed by atoms with van der Waals surface area (Å²) in [7, 11) is 0. The maximum Gasteiger partial charge on any atom is 0.0619 e. The van der Waals surface area contributed by atoms with Crippen molar-refractivity contribution in [3.63, 3.8) is 0 Å². The molecule has 0 bridgehead atoms. The lowest BCUT2D eigenvalue weighted by atomic mass is 9.99. The topological polar surface area (TPSA) is 21.3 Å². The molecule has 1 N–H and O–H groups in total. The van der Waals surface area contributed by atoms with Gasteiger partial charge in [-0.05, 0) is 25.8 Å². The zero-order chi connectivity index (χ0) is 10.2. The van der Waals surface area contributed by atoms with Gasteiger partial charge in [-0.3, -0.25) is 0 Å². The summed E-state index contributed by atoms with van der Waals surface area (Å²) in [6, 6.07) is 0.586. The van der Waals surface area contributed by atoms with Crippen molar-refractivity contribution < 1.29 is 4.74 Å². The van der Waals surface area contributed by atoms with Crippen LogP contribution in [0.15, 0.2) is 0 Å². The SMILES string of the molecule is CCNC(COCC)CC1CCCC1. The minimum absolute atomic E-state index is 0.586. The smallest absolute Gasteiger partial charge is 0.0619 e. The van der Waals surface area contributed by atoms with E-state index in [-0.39, 0.29) is 0 Å². The van der Waals surface area contributed by atoms with Crippen molar-refractivity contribution in [2.45, 2.75) is 52.0 Å². The Labute approximate surface area is 88.4 Å². The highest BCUT2D eigenvalue weighted by atomic mass is 16.5. The van der Waals surface area contributed by atoms with Crippen LogP contribution in [0.1, 0.15) is 46.0 Å². The van der Waals surface area contributed by atoms with Gasteiger partial charge < -0.3 is 10.1 Å². The maximum atomic E-state index is 5.50. The van der Waals surface area contributed by atoms with Crippen molar-refractivity contribution in [2.24, 2.45) is 5.92 Å². The molecule has 1 atom stereocenters. The normalized spacial score (nSPS) is 20.1. The lowest BCUT2D eigenvalue weighted by Gasteiger charge is -2.21. The Morgan fingerprint density at radius 3 is 2.57 bits per heavy atom. The van der Waals surface area contributed by atoms with Crippen LogP contribution < -0.4 is 5.32 Å². The Balaban J connectivity index is 2.18. The summed E-state index contributed by atoms with van der Waals surface area (Å²) in [5.41, 5.74) is 0. The standard InChI is InChI=1S/C12H25NO/c1-3-13-12(10-14-4-2)9-11-7-5-6-8-11/h11-13H,3-10H2,1-2H3. The second-order valence-corrected chi connectivity index (χ2v) is 4.30. The summed E-state index contributed by atoms with van der Waals surface area (Å²) < 4.78 is 5.50. The summed E-state index contributed by atoms with van der Waals surface area (Å²) in [5, 5.41) is 3.52. The lowest BCUT2D eigenvalue weighted by Crippen LogP contribution is -2.35. The molecule has 1 unspecified atom stereocenters. The van der Waals surface area contributed by atoms with Crippen molar-refractivity contribution >= 4 is 0 Å². The minimum Gasteiger partial charge on any atom is -0.380 e. The first-order valence-electron chi connectivity index (χ1n) is 6.18. The van der Waals surface area contributed by atoms with E-state index in [4.69, 9.17) is 4.74 Å². The van der Waals surface area contributed by atoms with Crippen molar-refractivity contribution in [2.75, 3.05) is 19.8 Å². The van der Waals surface area contributed by atoms with Gasteiger partial charge in [-0.2, -0.15) is 0 Å². The van der Waals surface area contributed by atoms with Crippen LogP contribution in [0.4, 0.5) is 0 Å². The summed E-state index contributed by atoms with van der Waals surface area (Å²) in [6.45, 7) is 7.03. The van der Waals surface area contributed by atoms with Gasteiger partial charge in [0, 0.05) is 12.6 Å². The Morgan fingerprint density at radius 1 is 1.29 bits per heavy atom. The molecule has 14 heavy (non-hydrogen) atoms. The van der Waals surface area contributed by atoms with E-state index in [9.17, 15) is 0 Å². The molecule has 0 aliphatic heterocycles. The highest BCUT2D eigenvalue weighted by molar-refractivity contribution is 4.75. The van der Waals surface area contributed by atoms with Crippen LogP contribution in [0.25, 0.3) is 0 Å². The third kappa shape index (κ3) is 4.43. The van der Waals surface area contributed by atoms with E-state index >= 15 is 0 Å². The molecule has 2 nitrogen and oxygen atoms in total. The zero-order valence-electron chi connectivity index (χ0n) is 9.72. The van der Waals surface area contributed by atoms with Gasteiger partial charge in [0.05, 0.1) is 6.61 Å². The molecule has 0 aromatic carbocycles. The molecular weight excluding hydrogens is 174 g/mol. The molecule has 0 aromatic rings. The van der Waals surface area contributed by atoms with Crippen LogP contribution in [0.5, 0.6) is 0 Å². The van der Waals surface area contributed by atoms with Gasteiger partial charge in [-0.15, -0.1) is 0 Å². The Morgan fingerprint density at radius 2 is 2.00 bits per heavy atom. The second-order valence-electron chi connectivity index (χ2n) is 4.30. The summed E-state index contributed by atoms with van der Waals surface area (Å²) in [6.07, 6.45) is 7.08. The van der Waals surface area contributed by atoms with Crippen LogP contribution >= 0.6 is 0 Å². The van der Waals surface area contributed by atoms with E-state index in [2.05, 4.69) is 19.2 Å². The van der Waals surface area contributed by atoms with E-state index in [1.54, 1.807) is 0 Å². The van der Waals surface area contributed by atoms with Gasteiger partial charge in [0.15, 0.2) is 0 Å². The molecular formula is C12H25NO. The van der Waals surface area contributed by atoms with Crippen LogP contribution in [0.3, 0.4) is 0 Å². The van der Waals surface area contributed by atoms with Crippen LogP contribution in [-0.4, -0.2) is 25.8 Å². The second kappa shape index (κ2) is 7.24. The summed E-state index contributed by atoms with van der Waals surface area (Å²) >= 11 is 0. The quantitative estimate of drug-likeness (QED) is 0.680. The fourth-order valence-corrected chi connectivity index (χ4v) is 2.41. The molecule has 1 saturated carbocycles. The largest absolute Gasteiger partial charge is 0.380 e. The first-order valence-corrected chi connectivity index (χ1v) is 6.18. The fraction of sp³-hybridized carbons (Fsp3) is 1.00. The molecule has 0 aromatic heterocycles. The molecule has 0 spiro atoms. The van der Waals surface area contributed by atoms with Crippen molar-refractivity contribution in [1.82, 2.24) is 5.32 Å². The van der Waals surface area contributed by atoms with Gasteiger partial charge in [-0.25, -0.2) is 0 Å². The van der Waals surface area contributed by atoms with Crippen LogP contribution in [-0.2, 0) is 4.74 Å². The van der Waals surface area contributed by atoms with Gasteiger partial charge >= 0.3 is 0 Å². The molecule has 1 aliphatic rings. The molecule has 0 heterocycles. The van der Waals surface area contributed by atoms with E-state index in [1.807, 2.05) is 0 Å². The third-order valence-corrected chi connectivity index (χ3v) is 3.11. The number of hydrogen-bond donors (Lipinski definition) is 1. The van der Waals surface area contributed by atoms with Crippen LogP contribution in [0, 0.1) is 5.92 Å². The van der Waals surface area contributed by atoms with E-state index in [0.29, 0.717) is 6.04 Å². The van der Waals surface area contributed by atoms with E-state index in [1.165, 1.54) is 32.1 Å². The molecule has 1 aliphatic carbocycles. The van der Waals surface area contributed by atoms with Crippen molar-refractivity contribution in [1.29, 1.82) is 0 Å². The van der Waals surface area contributed by atoms with Gasteiger partial charge in [0.25, 0.3) is 0 Å². The average molecular weight is 199 g/mol. The van der Waals surface area contributed by atoms with Gasteiger partial charge in [0.2, 0.25) is 0 Å². The molecule has 0 saturated heterocycles. The first kappa shape index (κ1) is 12.0. The van der Waals surface area contributed by atoms with Crippen molar-refractivity contribution in [3.8, 4) is 0 Å². The predicted octanol–water partition coefficient (Wildman–Crippen LogP) is 2.58. The molecule has 1 fully saturated rings. The lowest BCUT2D eigenvalue weighted by molar-refractivity contribution is 0.115. The predicted molar refractivity (Wildman–Crippen MR) is 60.5 cm³/mol. The van der Waals surface area contributed by atoms with Crippen molar-refractivity contribution in [3.05, 3.63) is 0 Å². The average Bonchev–Trinajstić information content (AvgIpc) is 2.67. The molecule has 1 rings (SSSR count). The maximum absolute atomic E-state index is 5.50. The van der Waals surface area contributed by atoms with Gasteiger partial charge in [0.1, 0.15) is 0 Å². The summed E-state index contributed by atoms with van der Waals surface area (Å²) in [4.78, 5) is 0. The number of hydrogen-bond acceptors (Lipinski definition) is 2. The number of rotatable bonds is 7. The molecule has 2 heteroatoms. The number of ether oxygens (including phenoxy) is 1. The highest BCUT2D eigenvalue weighted by Crippen LogP contribution is 2.28. The Hall–Kier alpha value is -0.0800. The zero-order valence-corrected chi connectivity index (χ0v) is 9.72. The molecule has 0 radical (unpaired) electrons.